The van der Waals surface area contributed by atoms with E-state index in [1.54, 1.807) is 62.6 Å². The van der Waals surface area contributed by atoms with Crippen LogP contribution in [0.25, 0.3) is 11.4 Å². The van der Waals surface area contributed by atoms with Gasteiger partial charge in [-0.2, -0.15) is 4.80 Å². The van der Waals surface area contributed by atoms with Gasteiger partial charge in [-0.15, -0.1) is 10.2 Å². The van der Waals surface area contributed by atoms with Gasteiger partial charge in [-0.3, -0.25) is 9.59 Å². The van der Waals surface area contributed by atoms with Gasteiger partial charge < -0.3 is 19.4 Å². The topological polar surface area (TPSA) is 115 Å². The number of halogens is 1. The summed E-state index contributed by atoms with van der Waals surface area (Å²) in [4.78, 5) is 30.4. The fourth-order valence-electron chi connectivity index (χ4n) is 5.04. The van der Waals surface area contributed by atoms with E-state index in [-0.39, 0.29) is 25.0 Å². The Labute approximate surface area is 237 Å². The third kappa shape index (κ3) is 6.97. The predicted molar refractivity (Wildman–Crippen MR) is 148 cm³/mol. The van der Waals surface area contributed by atoms with E-state index in [4.69, 9.17) is 9.15 Å². The standard InChI is InChI=1S/C30H33FN6O4/c1-20-8-17-26(41-20)28(30(39)32-24-6-4-3-5-7-24)36(18-21-9-13-23(31)14-10-21)27(38)19-37-34-29(33-35-37)22-11-15-25(40-2)16-12-22/h8-17,24,28H,3-7,18-19H2,1-2H3,(H,32,39)/t28-/m0/s1. The zero-order chi connectivity index (χ0) is 28.8. The average molecular weight is 561 g/mol. The van der Waals surface area contributed by atoms with Gasteiger partial charge in [0.1, 0.15) is 29.6 Å². The second-order valence-electron chi connectivity index (χ2n) is 10.2. The summed E-state index contributed by atoms with van der Waals surface area (Å²) in [5.74, 6) is 0.858. The smallest absolute Gasteiger partial charge is 0.250 e. The number of carbonyl (C=O) groups is 2. The monoisotopic (exact) mass is 560 g/mol. The first-order valence-corrected chi connectivity index (χ1v) is 13.7. The Morgan fingerprint density at radius 3 is 2.46 bits per heavy atom. The Hall–Kier alpha value is -4.54. The van der Waals surface area contributed by atoms with E-state index in [1.165, 1.54) is 21.8 Å². The molecule has 2 amide bonds. The second-order valence-corrected chi connectivity index (χ2v) is 10.2. The Kier molecular flexibility index (Phi) is 8.71. The molecular weight excluding hydrogens is 527 g/mol. The maximum absolute atomic E-state index is 13.9. The average Bonchev–Trinajstić information content (AvgIpc) is 3.63. The van der Waals surface area contributed by atoms with Crippen LogP contribution >= 0.6 is 0 Å². The van der Waals surface area contributed by atoms with Gasteiger partial charge in [-0.05, 0) is 79.1 Å². The van der Waals surface area contributed by atoms with Crippen molar-refractivity contribution in [3.8, 4) is 17.1 Å². The summed E-state index contributed by atoms with van der Waals surface area (Å²) in [7, 11) is 1.58. The van der Waals surface area contributed by atoms with Crippen molar-refractivity contribution in [2.24, 2.45) is 0 Å². The number of hydrogen-bond donors (Lipinski definition) is 1. The van der Waals surface area contributed by atoms with Gasteiger partial charge in [0.2, 0.25) is 11.7 Å². The number of carbonyl (C=O) groups excluding carboxylic acids is 2. The predicted octanol–water partition coefficient (Wildman–Crippen LogP) is 4.61. The number of aromatic nitrogens is 4. The van der Waals surface area contributed by atoms with E-state index >= 15 is 0 Å². The minimum absolute atomic E-state index is 0.0293. The molecule has 0 unspecified atom stereocenters. The molecule has 11 heteroatoms. The van der Waals surface area contributed by atoms with Crippen molar-refractivity contribution < 1.29 is 23.1 Å². The van der Waals surface area contributed by atoms with E-state index in [0.29, 0.717) is 34.2 Å². The first-order valence-electron chi connectivity index (χ1n) is 13.7. The van der Waals surface area contributed by atoms with Gasteiger partial charge in [0, 0.05) is 18.2 Å². The molecule has 1 N–H and O–H groups in total. The number of aryl methyl sites for hydroxylation is 1. The van der Waals surface area contributed by atoms with Gasteiger partial charge in [0.05, 0.1) is 7.11 Å². The quantitative estimate of drug-likeness (QED) is 0.301. The zero-order valence-electron chi connectivity index (χ0n) is 23.1. The third-order valence-corrected chi connectivity index (χ3v) is 7.21. The number of ether oxygens (including phenoxy) is 1. The maximum Gasteiger partial charge on any atom is 0.250 e. The molecule has 2 heterocycles. The highest BCUT2D eigenvalue weighted by molar-refractivity contribution is 5.88. The lowest BCUT2D eigenvalue weighted by Gasteiger charge is -2.32. The fraction of sp³-hybridized carbons (Fsp3) is 0.367. The third-order valence-electron chi connectivity index (χ3n) is 7.21. The lowest BCUT2D eigenvalue weighted by atomic mass is 9.95. The number of furan rings is 1. The van der Waals surface area contributed by atoms with Gasteiger partial charge in [0.25, 0.3) is 5.91 Å². The highest BCUT2D eigenvalue weighted by atomic mass is 19.1. The van der Waals surface area contributed by atoms with E-state index in [1.807, 2.05) is 0 Å². The number of nitrogens with one attached hydrogen (secondary N) is 1. The van der Waals surface area contributed by atoms with Crippen LogP contribution in [0.5, 0.6) is 5.75 Å². The molecule has 0 spiro atoms. The molecule has 1 saturated carbocycles. The fourth-order valence-corrected chi connectivity index (χ4v) is 5.04. The number of nitrogens with zero attached hydrogens (tertiary/aromatic N) is 5. The highest BCUT2D eigenvalue weighted by Gasteiger charge is 2.35. The van der Waals surface area contributed by atoms with Crippen molar-refractivity contribution in [2.75, 3.05) is 7.11 Å². The van der Waals surface area contributed by atoms with Crippen LogP contribution in [-0.4, -0.2) is 50.1 Å². The van der Waals surface area contributed by atoms with Gasteiger partial charge in [-0.1, -0.05) is 31.4 Å². The molecule has 2 aromatic heterocycles. The van der Waals surface area contributed by atoms with Crippen LogP contribution in [0.1, 0.15) is 55.2 Å². The minimum atomic E-state index is -1.05. The number of amides is 2. The molecule has 1 aliphatic rings. The summed E-state index contributed by atoms with van der Waals surface area (Å²) < 4.78 is 24.8. The number of benzene rings is 2. The van der Waals surface area contributed by atoms with Crippen LogP contribution in [0.15, 0.2) is 65.1 Å². The summed E-state index contributed by atoms with van der Waals surface area (Å²) in [6.45, 7) is 1.56. The largest absolute Gasteiger partial charge is 0.497 e. The number of methoxy groups -OCH3 is 1. The summed E-state index contributed by atoms with van der Waals surface area (Å²) in [5, 5.41) is 15.7. The van der Waals surface area contributed by atoms with Crippen LogP contribution in [0, 0.1) is 12.7 Å². The molecule has 4 aromatic rings. The normalized spacial score (nSPS) is 14.4. The number of tetrazole rings is 1. The van der Waals surface area contributed by atoms with Crippen molar-refractivity contribution in [1.29, 1.82) is 0 Å². The van der Waals surface area contributed by atoms with Crippen LogP contribution in [0.2, 0.25) is 0 Å². The summed E-state index contributed by atoms with van der Waals surface area (Å²) >= 11 is 0. The first-order chi connectivity index (χ1) is 19.9. The summed E-state index contributed by atoms with van der Waals surface area (Å²) in [5.41, 5.74) is 1.37. The van der Waals surface area contributed by atoms with Crippen molar-refractivity contribution >= 4 is 11.8 Å². The molecule has 5 rings (SSSR count). The van der Waals surface area contributed by atoms with E-state index in [0.717, 1.165) is 32.1 Å². The summed E-state index contributed by atoms with van der Waals surface area (Å²) in [6, 6.07) is 15.5. The molecule has 2 aromatic carbocycles. The molecule has 10 nitrogen and oxygen atoms in total. The van der Waals surface area contributed by atoms with E-state index in [9.17, 15) is 14.0 Å². The number of rotatable bonds is 10. The highest BCUT2D eigenvalue weighted by Crippen LogP contribution is 2.28. The Morgan fingerprint density at radius 1 is 1.07 bits per heavy atom. The van der Waals surface area contributed by atoms with Crippen molar-refractivity contribution in [1.82, 2.24) is 30.4 Å². The van der Waals surface area contributed by atoms with Crippen LogP contribution < -0.4 is 10.1 Å². The van der Waals surface area contributed by atoms with E-state index < -0.39 is 17.8 Å². The van der Waals surface area contributed by atoms with Gasteiger partial charge in [0.15, 0.2) is 6.04 Å². The minimum Gasteiger partial charge on any atom is -0.497 e. The Balaban J connectivity index is 1.44. The zero-order valence-corrected chi connectivity index (χ0v) is 23.1. The summed E-state index contributed by atoms with van der Waals surface area (Å²) in [6.07, 6.45) is 5.01. The molecule has 1 aliphatic carbocycles. The molecular formula is C30H33FN6O4. The van der Waals surface area contributed by atoms with Crippen LogP contribution in [0.3, 0.4) is 0 Å². The lowest BCUT2D eigenvalue weighted by molar-refractivity contribution is -0.143. The molecule has 0 radical (unpaired) electrons. The van der Waals surface area contributed by atoms with Crippen molar-refractivity contribution in [2.45, 2.75) is 64.2 Å². The molecule has 1 fully saturated rings. The Morgan fingerprint density at radius 2 is 1.80 bits per heavy atom. The SMILES string of the molecule is COc1ccc(-c2nnn(CC(=O)N(Cc3ccc(F)cc3)[C@H](C(=O)NC3CCCCC3)c3ccc(C)o3)n2)cc1. The van der Waals surface area contributed by atoms with Gasteiger partial charge in [-0.25, -0.2) is 4.39 Å². The molecule has 1 atom stereocenters. The molecule has 0 saturated heterocycles. The molecule has 214 valence electrons. The Bertz CT molecular complexity index is 1460. The van der Waals surface area contributed by atoms with Crippen LogP contribution in [0.4, 0.5) is 4.39 Å². The van der Waals surface area contributed by atoms with E-state index in [2.05, 4.69) is 20.7 Å². The van der Waals surface area contributed by atoms with Gasteiger partial charge >= 0.3 is 0 Å². The van der Waals surface area contributed by atoms with Crippen molar-refractivity contribution in [3.63, 3.8) is 0 Å². The lowest BCUT2D eigenvalue weighted by Crippen LogP contribution is -2.47. The first kappa shape index (κ1) is 28.0. The molecule has 0 bridgehead atoms. The van der Waals surface area contributed by atoms with Crippen LogP contribution in [-0.2, 0) is 22.7 Å². The number of hydrogen-bond acceptors (Lipinski definition) is 7. The molecule has 41 heavy (non-hydrogen) atoms. The second kappa shape index (κ2) is 12.8. The van der Waals surface area contributed by atoms with Crippen molar-refractivity contribution in [3.05, 3.63) is 83.6 Å². The maximum atomic E-state index is 13.9. The molecule has 0 aliphatic heterocycles.